The van der Waals surface area contributed by atoms with Gasteiger partial charge in [0.1, 0.15) is 0 Å². The van der Waals surface area contributed by atoms with Crippen molar-refractivity contribution in [1.29, 1.82) is 0 Å². The number of hydrogen-bond acceptors (Lipinski definition) is 4. The van der Waals surface area contributed by atoms with Crippen LogP contribution in [-0.4, -0.2) is 13.3 Å². The third kappa shape index (κ3) is 13.2. The minimum atomic E-state index is -3.72. The van der Waals surface area contributed by atoms with Crippen LogP contribution < -0.4 is 0 Å². The van der Waals surface area contributed by atoms with Crippen LogP contribution in [0.3, 0.4) is 0 Å². The number of halogens is 2. The standard InChI is InChI=1S/C6H5NO2.CH4.Cl2O2S/c8-7(9)6-4-2-1-3-5-6;;1-5(2,3)4/h1-5H;1H4;. The fourth-order valence-corrected chi connectivity index (χ4v) is 0.550. The van der Waals surface area contributed by atoms with Crippen LogP contribution in [0.15, 0.2) is 30.3 Å². The molecule has 0 saturated carbocycles. The van der Waals surface area contributed by atoms with Gasteiger partial charge in [-0.05, 0) is 0 Å². The van der Waals surface area contributed by atoms with Crippen molar-refractivity contribution in [1.82, 2.24) is 0 Å². The van der Waals surface area contributed by atoms with Crippen molar-refractivity contribution in [3.05, 3.63) is 40.4 Å². The lowest BCUT2D eigenvalue weighted by atomic mass is 10.3. The lowest BCUT2D eigenvalue weighted by molar-refractivity contribution is -0.384. The van der Waals surface area contributed by atoms with Crippen LogP contribution in [-0.2, 0) is 8.26 Å². The normalized spacial score (nSPS) is 9.20. The first kappa shape index (κ1) is 16.6. The number of nitrogens with zero attached hydrogens (tertiary/aromatic N) is 1. The Labute approximate surface area is 96.7 Å². The van der Waals surface area contributed by atoms with Gasteiger partial charge in [-0.25, -0.2) is 0 Å². The molecule has 0 heterocycles. The molecule has 0 spiro atoms. The zero-order valence-electron chi connectivity index (χ0n) is 6.63. The Bertz CT molecular complexity index is 385. The van der Waals surface area contributed by atoms with Gasteiger partial charge in [0.15, 0.2) is 0 Å². The van der Waals surface area contributed by atoms with Gasteiger partial charge in [-0.1, -0.05) is 25.6 Å². The van der Waals surface area contributed by atoms with Gasteiger partial charge in [-0.3, -0.25) is 10.1 Å². The Balaban J connectivity index is 0. The van der Waals surface area contributed by atoms with Gasteiger partial charge >= 0.3 is 8.26 Å². The summed E-state index contributed by atoms with van der Waals surface area (Å²) in [7, 11) is 4.81. The van der Waals surface area contributed by atoms with E-state index in [1.54, 1.807) is 18.2 Å². The summed E-state index contributed by atoms with van der Waals surface area (Å²) in [5.74, 6) is 0. The third-order valence-corrected chi connectivity index (χ3v) is 0.967. The molecule has 86 valence electrons. The molecule has 0 unspecified atom stereocenters. The Morgan fingerprint density at radius 3 is 1.67 bits per heavy atom. The minimum absolute atomic E-state index is 0. The monoisotopic (exact) mass is 273 g/mol. The highest BCUT2D eigenvalue weighted by Gasteiger charge is 1.98. The Hall–Kier alpha value is -0.850. The molecule has 8 heteroatoms. The number of nitro benzene ring substituents is 1. The molecule has 1 aromatic rings. The summed E-state index contributed by atoms with van der Waals surface area (Å²) in [6.07, 6.45) is 0. The minimum Gasteiger partial charge on any atom is -0.258 e. The summed E-state index contributed by atoms with van der Waals surface area (Å²) in [5, 5.41) is 10.0. The Morgan fingerprint density at radius 2 is 1.47 bits per heavy atom. The highest BCUT2D eigenvalue weighted by Crippen LogP contribution is 2.06. The van der Waals surface area contributed by atoms with Gasteiger partial charge in [-0.15, -0.1) is 0 Å². The average molecular weight is 274 g/mol. The van der Waals surface area contributed by atoms with Gasteiger partial charge in [0.25, 0.3) is 5.69 Å². The molecule has 0 N–H and O–H groups in total. The molecule has 0 bridgehead atoms. The zero-order valence-corrected chi connectivity index (χ0v) is 8.96. The lowest BCUT2D eigenvalue weighted by Crippen LogP contribution is -1.84. The van der Waals surface area contributed by atoms with E-state index in [0.717, 1.165) is 0 Å². The molecule has 0 fully saturated rings. The molecular formula is C7H9Cl2NO4S. The van der Waals surface area contributed by atoms with E-state index < -0.39 is 13.2 Å². The number of nitro groups is 1. The van der Waals surface area contributed by atoms with Crippen molar-refractivity contribution in [3.8, 4) is 0 Å². The molecule has 1 rings (SSSR count). The maximum atomic E-state index is 10.0. The molecule has 0 aromatic heterocycles. The fraction of sp³-hybridized carbons (Fsp3) is 0.143. The number of non-ortho nitro benzene ring substituents is 1. The van der Waals surface area contributed by atoms with Crippen LogP contribution >= 0.6 is 21.4 Å². The number of benzene rings is 1. The van der Waals surface area contributed by atoms with Gasteiger partial charge in [0.2, 0.25) is 0 Å². The first-order valence-electron chi connectivity index (χ1n) is 3.14. The summed E-state index contributed by atoms with van der Waals surface area (Å²) in [6.45, 7) is 0. The van der Waals surface area contributed by atoms with Crippen LogP contribution in [0.2, 0.25) is 0 Å². The van der Waals surface area contributed by atoms with E-state index in [1.165, 1.54) is 12.1 Å². The molecule has 0 atom stereocenters. The predicted molar refractivity (Wildman–Crippen MR) is 60.5 cm³/mol. The van der Waals surface area contributed by atoms with Gasteiger partial charge in [0.05, 0.1) is 4.92 Å². The van der Waals surface area contributed by atoms with Crippen molar-refractivity contribution >= 4 is 35.3 Å². The van der Waals surface area contributed by atoms with Gasteiger partial charge in [0, 0.05) is 33.5 Å². The first-order valence-corrected chi connectivity index (χ1v) is 6.28. The van der Waals surface area contributed by atoms with Crippen LogP contribution in [0.25, 0.3) is 0 Å². The SMILES string of the molecule is C.O=S(=O)(Cl)Cl.O=[N+]([O-])c1ccccc1. The molecule has 5 nitrogen and oxygen atoms in total. The number of hydrogen-bond donors (Lipinski definition) is 0. The van der Waals surface area contributed by atoms with Crippen molar-refractivity contribution in [2.24, 2.45) is 0 Å². The van der Waals surface area contributed by atoms with E-state index in [2.05, 4.69) is 21.4 Å². The van der Waals surface area contributed by atoms with Crippen molar-refractivity contribution < 1.29 is 13.3 Å². The zero-order chi connectivity index (χ0) is 11.2. The summed E-state index contributed by atoms with van der Waals surface area (Å²) in [5.41, 5.74) is 0.137. The van der Waals surface area contributed by atoms with Crippen molar-refractivity contribution in [2.45, 2.75) is 7.43 Å². The van der Waals surface area contributed by atoms with Crippen LogP contribution in [0, 0.1) is 10.1 Å². The van der Waals surface area contributed by atoms with Crippen molar-refractivity contribution in [3.63, 3.8) is 0 Å². The van der Waals surface area contributed by atoms with E-state index in [9.17, 15) is 10.1 Å². The first-order chi connectivity index (χ1) is 6.30. The fourth-order valence-electron chi connectivity index (χ4n) is 0.550. The quantitative estimate of drug-likeness (QED) is 0.448. The van der Waals surface area contributed by atoms with Crippen LogP contribution in [0.5, 0.6) is 0 Å². The molecule has 0 amide bonds. The largest absolute Gasteiger partial charge is 0.317 e. The highest BCUT2D eigenvalue weighted by atomic mass is 36.0. The molecule has 0 aliphatic carbocycles. The smallest absolute Gasteiger partial charge is 0.258 e. The molecule has 0 aliphatic heterocycles. The topological polar surface area (TPSA) is 77.3 Å². The van der Waals surface area contributed by atoms with Crippen LogP contribution in [0.1, 0.15) is 7.43 Å². The second-order valence-corrected chi connectivity index (χ2v) is 5.64. The molecule has 0 saturated heterocycles. The molecule has 0 aliphatic rings. The number of rotatable bonds is 1. The number of para-hydroxylation sites is 1. The van der Waals surface area contributed by atoms with E-state index >= 15 is 0 Å². The van der Waals surface area contributed by atoms with Gasteiger partial charge in [-0.2, -0.15) is 8.42 Å². The predicted octanol–water partition coefficient (Wildman–Crippen LogP) is 2.94. The van der Waals surface area contributed by atoms with E-state index in [-0.39, 0.29) is 13.1 Å². The summed E-state index contributed by atoms with van der Waals surface area (Å²) >= 11 is 0. The summed E-state index contributed by atoms with van der Waals surface area (Å²) < 4.78 is 18.3. The maximum Gasteiger partial charge on any atom is 0.317 e. The Kier molecular flexibility index (Phi) is 8.22. The van der Waals surface area contributed by atoms with E-state index in [4.69, 9.17) is 8.42 Å². The second-order valence-electron chi connectivity index (χ2n) is 1.97. The molecular weight excluding hydrogens is 265 g/mol. The summed E-state index contributed by atoms with van der Waals surface area (Å²) in [4.78, 5) is 9.59. The van der Waals surface area contributed by atoms with Crippen molar-refractivity contribution in [2.75, 3.05) is 0 Å². The highest BCUT2D eigenvalue weighted by molar-refractivity contribution is 8.31. The Morgan fingerprint density at radius 1 is 1.13 bits per heavy atom. The van der Waals surface area contributed by atoms with E-state index in [0.29, 0.717) is 0 Å². The lowest BCUT2D eigenvalue weighted by Gasteiger charge is -1.85. The molecule has 1 aromatic carbocycles. The molecule has 15 heavy (non-hydrogen) atoms. The third-order valence-electron chi connectivity index (χ3n) is 0.967. The van der Waals surface area contributed by atoms with Crippen LogP contribution in [0.4, 0.5) is 5.69 Å². The second kappa shape index (κ2) is 7.44. The summed E-state index contributed by atoms with van der Waals surface area (Å²) in [6, 6.07) is 7.93. The average Bonchev–Trinajstić information content (AvgIpc) is 2.03. The molecule has 0 radical (unpaired) electrons. The van der Waals surface area contributed by atoms with E-state index in [1.807, 2.05) is 0 Å². The van der Waals surface area contributed by atoms with Gasteiger partial charge < -0.3 is 0 Å². The maximum absolute atomic E-state index is 10.0.